The van der Waals surface area contributed by atoms with Crippen molar-refractivity contribution in [3.05, 3.63) is 85.1 Å². The third-order valence-corrected chi connectivity index (χ3v) is 9.16. The summed E-state index contributed by atoms with van der Waals surface area (Å²) in [5.74, 6) is 1.28. The van der Waals surface area contributed by atoms with Crippen LogP contribution in [0.25, 0.3) is 21.9 Å². The first-order valence-electron chi connectivity index (χ1n) is 12.6. The second-order valence-electron chi connectivity index (χ2n) is 10.4. The normalized spacial score (nSPS) is 23.1. The van der Waals surface area contributed by atoms with Crippen LogP contribution in [0.15, 0.2) is 85.1 Å². The van der Waals surface area contributed by atoms with E-state index in [1.165, 1.54) is 39.1 Å². The van der Waals surface area contributed by atoms with Crippen LogP contribution >= 0.6 is 0 Å². The van der Waals surface area contributed by atoms with E-state index < -0.39 is 0 Å². The van der Waals surface area contributed by atoms with Crippen molar-refractivity contribution in [2.45, 2.75) is 51.4 Å². The van der Waals surface area contributed by atoms with E-state index in [-0.39, 0.29) is 17.8 Å². The van der Waals surface area contributed by atoms with Gasteiger partial charge in [0.05, 0.1) is 17.2 Å². The van der Waals surface area contributed by atoms with E-state index in [1.54, 1.807) is 0 Å². The van der Waals surface area contributed by atoms with Crippen molar-refractivity contribution in [3.63, 3.8) is 0 Å². The molecule has 3 heterocycles. The summed E-state index contributed by atoms with van der Waals surface area (Å²) in [5, 5.41) is 2.64. The average Bonchev–Trinajstić information content (AvgIpc) is 3.19. The summed E-state index contributed by atoms with van der Waals surface area (Å²) in [5.41, 5.74) is 5.16. The lowest BCUT2D eigenvalue weighted by Crippen LogP contribution is -2.74. The first-order chi connectivity index (χ1) is 16.4. The van der Waals surface area contributed by atoms with Crippen LogP contribution < -0.4 is 14.2 Å². The quantitative estimate of drug-likeness (QED) is 0.244. The Labute approximate surface area is 203 Å². The average molecular weight is 446 g/mol. The highest BCUT2D eigenvalue weighted by atomic mass is 15.4. The van der Waals surface area contributed by atoms with E-state index in [0.717, 1.165) is 12.8 Å². The number of hydrogen-bond donors (Lipinski definition) is 0. The van der Waals surface area contributed by atoms with Gasteiger partial charge in [0.2, 0.25) is 0 Å². The Morgan fingerprint density at radius 2 is 1.50 bits per heavy atom. The summed E-state index contributed by atoms with van der Waals surface area (Å²) >= 11 is 0. The fraction of sp³-hybridized carbons (Fsp3) is 0.300. The minimum Gasteiger partial charge on any atom is -0.373 e. The van der Waals surface area contributed by atoms with Gasteiger partial charge in [0, 0.05) is 11.6 Å². The molecule has 0 amide bonds. The standard InChI is InChI=1S/C30H33BN3/c1-6-29(3)30(4,7-2)33-21-23(25-16-12-14-22-13-8-9-15-24(22)25)19-20-28(33)34-27-18-11-10-17-26(27)32(5)31(29)34/h8-21H,6-7H2,1-5H3/q+1. The lowest BCUT2D eigenvalue weighted by molar-refractivity contribution is -0.758. The summed E-state index contributed by atoms with van der Waals surface area (Å²) in [6.45, 7) is 9.97. The first kappa shape index (κ1) is 21.3. The van der Waals surface area contributed by atoms with E-state index >= 15 is 0 Å². The molecule has 0 aliphatic carbocycles. The molecule has 34 heavy (non-hydrogen) atoms. The van der Waals surface area contributed by atoms with Crippen molar-refractivity contribution in [3.8, 4) is 11.1 Å². The van der Waals surface area contributed by atoms with E-state index in [4.69, 9.17) is 0 Å². The summed E-state index contributed by atoms with van der Waals surface area (Å²) in [6, 6.07) is 28.9. The van der Waals surface area contributed by atoms with Crippen LogP contribution in [-0.2, 0) is 5.54 Å². The van der Waals surface area contributed by atoms with Crippen LogP contribution in [0.2, 0.25) is 5.31 Å². The minimum atomic E-state index is -0.0326. The number of nitrogens with zero attached hydrogens (tertiary/aromatic N) is 3. The second-order valence-corrected chi connectivity index (χ2v) is 10.4. The van der Waals surface area contributed by atoms with Gasteiger partial charge in [-0.25, -0.2) is 4.57 Å². The molecule has 2 atom stereocenters. The van der Waals surface area contributed by atoms with E-state index in [0.29, 0.717) is 0 Å². The van der Waals surface area contributed by atoms with Crippen LogP contribution in [0, 0.1) is 0 Å². The highest BCUT2D eigenvalue weighted by molar-refractivity contribution is 6.74. The van der Waals surface area contributed by atoms with Crippen molar-refractivity contribution in [1.29, 1.82) is 0 Å². The van der Waals surface area contributed by atoms with Gasteiger partial charge in [0.15, 0.2) is 0 Å². The number of benzene rings is 3. The molecular weight excluding hydrogens is 413 g/mol. The molecule has 170 valence electrons. The van der Waals surface area contributed by atoms with Gasteiger partial charge < -0.3 is 4.81 Å². The van der Waals surface area contributed by atoms with Gasteiger partial charge in [0.25, 0.3) is 5.82 Å². The van der Waals surface area contributed by atoms with E-state index in [2.05, 4.69) is 134 Å². The van der Waals surface area contributed by atoms with Gasteiger partial charge in [-0.3, -0.25) is 4.81 Å². The SMILES string of the molecule is CCC1(C)B2N(C)c3ccccc3N2c2ccc(-c3cccc4ccccc34)c[n+]2C1(C)CC. The predicted molar refractivity (Wildman–Crippen MR) is 145 cm³/mol. The molecule has 3 aromatic carbocycles. The molecule has 2 aliphatic heterocycles. The van der Waals surface area contributed by atoms with Gasteiger partial charge >= 0.3 is 6.98 Å². The maximum Gasteiger partial charge on any atom is 0.512 e. The Balaban J connectivity index is 1.64. The molecular formula is C30H33BN3+. The molecule has 0 N–H and O–H groups in total. The number of anilines is 3. The summed E-state index contributed by atoms with van der Waals surface area (Å²) < 4.78 is 2.60. The lowest BCUT2D eigenvalue weighted by Gasteiger charge is -2.51. The molecule has 1 aromatic heterocycles. The Bertz CT molecular complexity index is 1410. The van der Waals surface area contributed by atoms with Crippen LogP contribution in [-0.4, -0.2) is 14.0 Å². The van der Waals surface area contributed by atoms with Gasteiger partial charge in [-0.2, -0.15) is 0 Å². The molecule has 0 fully saturated rings. The number of pyridine rings is 1. The third kappa shape index (κ3) is 2.57. The lowest BCUT2D eigenvalue weighted by atomic mass is 9.39. The molecule has 0 radical (unpaired) electrons. The zero-order chi connectivity index (χ0) is 23.7. The first-order valence-corrected chi connectivity index (χ1v) is 12.6. The van der Waals surface area contributed by atoms with Crippen molar-refractivity contribution in [2.75, 3.05) is 16.7 Å². The fourth-order valence-corrected chi connectivity index (χ4v) is 6.78. The van der Waals surface area contributed by atoms with Gasteiger partial charge in [-0.05, 0) is 61.3 Å². The Hall–Kier alpha value is -3.27. The van der Waals surface area contributed by atoms with E-state index in [9.17, 15) is 0 Å². The zero-order valence-corrected chi connectivity index (χ0v) is 20.9. The molecule has 0 spiro atoms. The van der Waals surface area contributed by atoms with Crippen LogP contribution in [0.1, 0.15) is 40.5 Å². The van der Waals surface area contributed by atoms with Crippen LogP contribution in [0.4, 0.5) is 17.2 Å². The second kappa shape index (κ2) is 7.37. The molecule has 2 unspecified atom stereocenters. The number of aromatic nitrogens is 1. The molecule has 4 aromatic rings. The van der Waals surface area contributed by atoms with Crippen LogP contribution in [0.3, 0.4) is 0 Å². The van der Waals surface area contributed by atoms with Crippen molar-refractivity contribution < 1.29 is 4.57 Å². The summed E-state index contributed by atoms with van der Waals surface area (Å²) in [7, 11) is 2.27. The number of rotatable bonds is 3. The third-order valence-electron chi connectivity index (χ3n) is 9.16. The largest absolute Gasteiger partial charge is 0.512 e. The van der Waals surface area contributed by atoms with E-state index in [1.807, 2.05) is 0 Å². The molecule has 0 bridgehead atoms. The highest BCUT2D eigenvalue weighted by Crippen LogP contribution is 2.59. The Morgan fingerprint density at radius 1 is 0.794 bits per heavy atom. The van der Waals surface area contributed by atoms with Gasteiger partial charge in [-0.1, -0.05) is 75.4 Å². The monoisotopic (exact) mass is 446 g/mol. The van der Waals surface area contributed by atoms with Gasteiger partial charge in [-0.15, -0.1) is 0 Å². The van der Waals surface area contributed by atoms with Crippen LogP contribution in [0.5, 0.6) is 0 Å². The van der Waals surface area contributed by atoms with Crippen molar-refractivity contribution >= 4 is 34.9 Å². The summed E-state index contributed by atoms with van der Waals surface area (Å²) in [6.07, 6.45) is 4.59. The molecule has 3 nitrogen and oxygen atoms in total. The number of fused-ring (bicyclic) bond motifs is 6. The smallest absolute Gasteiger partial charge is 0.373 e. The molecule has 0 saturated heterocycles. The van der Waals surface area contributed by atoms with Gasteiger partial charge in [0.1, 0.15) is 11.2 Å². The number of hydrogen-bond acceptors (Lipinski definition) is 2. The zero-order valence-electron chi connectivity index (χ0n) is 20.9. The van der Waals surface area contributed by atoms with Crippen molar-refractivity contribution in [2.24, 2.45) is 0 Å². The molecule has 6 rings (SSSR count). The minimum absolute atomic E-state index is 0.0326. The fourth-order valence-electron chi connectivity index (χ4n) is 6.78. The summed E-state index contributed by atoms with van der Waals surface area (Å²) in [4.78, 5) is 5.10. The van der Waals surface area contributed by atoms with Crippen molar-refractivity contribution in [1.82, 2.24) is 0 Å². The molecule has 0 saturated carbocycles. The maximum absolute atomic E-state index is 2.60. The predicted octanol–water partition coefficient (Wildman–Crippen LogP) is 7.18. The molecule has 2 aliphatic rings. The number of para-hydroxylation sites is 2. The maximum atomic E-state index is 2.60. The highest BCUT2D eigenvalue weighted by Gasteiger charge is 2.69. The molecule has 4 heteroatoms. The Morgan fingerprint density at radius 3 is 2.26 bits per heavy atom. The topological polar surface area (TPSA) is 10.4 Å². The Kier molecular flexibility index (Phi) is 4.61.